The summed E-state index contributed by atoms with van der Waals surface area (Å²) in [6.07, 6.45) is 2.60. The van der Waals surface area contributed by atoms with Gasteiger partial charge in [0, 0.05) is 38.8 Å². The van der Waals surface area contributed by atoms with Crippen LogP contribution >= 0.6 is 0 Å². The van der Waals surface area contributed by atoms with Crippen molar-refractivity contribution in [3.63, 3.8) is 0 Å². The molecular weight excluding hydrogens is 318 g/mol. The minimum absolute atomic E-state index is 0.420. The van der Waals surface area contributed by atoms with Crippen molar-refractivity contribution in [2.45, 2.75) is 31.7 Å². The fourth-order valence-electron chi connectivity index (χ4n) is 3.63. The molecule has 1 saturated carbocycles. The maximum absolute atomic E-state index is 13.9. The van der Waals surface area contributed by atoms with Crippen LogP contribution in [0, 0.1) is 11.6 Å². The molecule has 0 spiro atoms. The Morgan fingerprint density at radius 1 is 0.920 bits per heavy atom. The third kappa shape index (κ3) is 3.54. The van der Waals surface area contributed by atoms with Gasteiger partial charge >= 0.3 is 0 Å². The molecule has 0 aromatic heterocycles. The van der Waals surface area contributed by atoms with Gasteiger partial charge in [0.2, 0.25) is 0 Å². The molecule has 2 fully saturated rings. The molecule has 2 aromatic carbocycles. The normalized spacial score (nSPS) is 19.9. The number of benzene rings is 2. The molecule has 4 heteroatoms. The minimum Gasteiger partial charge on any atom is -0.367 e. The molecule has 4 rings (SSSR count). The molecule has 0 atom stereocenters. The lowest BCUT2D eigenvalue weighted by Gasteiger charge is -2.36. The summed E-state index contributed by atoms with van der Waals surface area (Å²) in [5.74, 6) is -0.999. The second-order valence-electron chi connectivity index (χ2n) is 7.62. The van der Waals surface area contributed by atoms with E-state index in [1.165, 1.54) is 36.1 Å². The van der Waals surface area contributed by atoms with Gasteiger partial charge in [-0.1, -0.05) is 31.2 Å². The molecule has 0 bridgehead atoms. The van der Waals surface area contributed by atoms with E-state index in [0.29, 0.717) is 11.1 Å². The quantitative estimate of drug-likeness (QED) is 0.816. The second-order valence-corrected chi connectivity index (χ2v) is 7.62. The zero-order valence-corrected chi connectivity index (χ0v) is 14.6. The van der Waals surface area contributed by atoms with Crippen LogP contribution in [0.3, 0.4) is 0 Å². The van der Waals surface area contributed by atoms with Gasteiger partial charge in [0.25, 0.3) is 0 Å². The summed E-state index contributed by atoms with van der Waals surface area (Å²) in [7, 11) is 0. The maximum atomic E-state index is 13.9. The van der Waals surface area contributed by atoms with Crippen LogP contribution in [-0.2, 0) is 12.0 Å². The van der Waals surface area contributed by atoms with Crippen LogP contribution in [0.5, 0.6) is 0 Å². The zero-order chi connectivity index (χ0) is 17.4. The Morgan fingerprint density at radius 2 is 1.60 bits per heavy atom. The average molecular weight is 342 g/mol. The first-order valence-corrected chi connectivity index (χ1v) is 9.05. The number of hydrogen-bond donors (Lipinski definition) is 0. The highest BCUT2D eigenvalue weighted by molar-refractivity contribution is 5.48. The molecule has 1 heterocycles. The molecular formula is C21H24F2N2. The summed E-state index contributed by atoms with van der Waals surface area (Å²) >= 11 is 0. The van der Waals surface area contributed by atoms with Crippen LogP contribution in [0.25, 0.3) is 0 Å². The molecule has 1 aliphatic carbocycles. The predicted molar refractivity (Wildman–Crippen MR) is 96.9 cm³/mol. The molecule has 2 nitrogen and oxygen atoms in total. The molecule has 1 aliphatic heterocycles. The standard InChI is InChI=1S/C21H24F2N2/c1-21(8-9-21)17-4-2-16(3-5-17)15-24-10-12-25(13-11-24)20-7-6-18(22)14-19(20)23/h2-7,14H,8-13,15H2,1H3. The third-order valence-electron chi connectivity index (χ3n) is 5.68. The zero-order valence-electron chi connectivity index (χ0n) is 14.6. The Kier molecular flexibility index (Phi) is 4.24. The van der Waals surface area contributed by atoms with Gasteiger partial charge in [0.05, 0.1) is 5.69 Å². The molecule has 0 radical (unpaired) electrons. The fourth-order valence-corrected chi connectivity index (χ4v) is 3.63. The summed E-state index contributed by atoms with van der Waals surface area (Å²) in [4.78, 5) is 4.40. The Morgan fingerprint density at radius 3 is 2.20 bits per heavy atom. The molecule has 1 saturated heterocycles. The van der Waals surface area contributed by atoms with Crippen molar-refractivity contribution in [3.05, 3.63) is 65.2 Å². The molecule has 25 heavy (non-hydrogen) atoms. The van der Waals surface area contributed by atoms with Crippen molar-refractivity contribution in [3.8, 4) is 0 Å². The highest BCUT2D eigenvalue weighted by atomic mass is 19.1. The van der Waals surface area contributed by atoms with Crippen LogP contribution in [0.4, 0.5) is 14.5 Å². The monoisotopic (exact) mass is 342 g/mol. The van der Waals surface area contributed by atoms with E-state index >= 15 is 0 Å². The molecule has 0 N–H and O–H groups in total. The number of anilines is 1. The van der Waals surface area contributed by atoms with Gasteiger partial charge in [-0.05, 0) is 41.5 Å². The lowest BCUT2D eigenvalue weighted by Crippen LogP contribution is -2.46. The number of hydrogen-bond acceptors (Lipinski definition) is 2. The summed E-state index contributed by atoms with van der Waals surface area (Å²) in [5.41, 5.74) is 3.70. The van der Waals surface area contributed by atoms with E-state index < -0.39 is 11.6 Å². The Balaban J connectivity index is 1.34. The van der Waals surface area contributed by atoms with Gasteiger partial charge in [0.1, 0.15) is 11.6 Å². The number of halogens is 2. The van der Waals surface area contributed by atoms with Crippen LogP contribution in [0.1, 0.15) is 30.9 Å². The fraction of sp³-hybridized carbons (Fsp3) is 0.429. The van der Waals surface area contributed by atoms with Crippen molar-refractivity contribution < 1.29 is 8.78 Å². The first-order chi connectivity index (χ1) is 12.0. The minimum atomic E-state index is -0.525. The summed E-state index contributed by atoms with van der Waals surface area (Å²) < 4.78 is 27.0. The second kappa shape index (κ2) is 6.41. The third-order valence-corrected chi connectivity index (χ3v) is 5.68. The van der Waals surface area contributed by atoms with Gasteiger partial charge in [-0.15, -0.1) is 0 Å². The summed E-state index contributed by atoms with van der Waals surface area (Å²) in [5, 5.41) is 0. The lowest BCUT2D eigenvalue weighted by molar-refractivity contribution is 0.249. The number of nitrogens with zero attached hydrogens (tertiary/aromatic N) is 2. The maximum Gasteiger partial charge on any atom is 0.149 e. The summed E-state index contributed by atoms with van der Waals surface area (Å²) in [6.45, 7) is 6.55. The first kappa shape index (κ1) is 16.5. The molecule has 0 amide bonds. The molecule has 132 valence electrons. The van der Waals surface area contributed by atoms with E-state index in [0.717, 1.165) is 38.8 Å². The number of rotatable bonds is 4. The predicted octanol–water partition coefficient (Wildman–Crippen LogP) is 4.34. The highest BCUT2D eigenvalue weighted by Gasteiger charge is 2.38. The van der Waals surface area contributed by atoms with Crippen LogP contribution in [-0.4, -0.2) is 31.1 Å². The van der Waals surface area contributed by atoms with Crippen molar-refractivity contribution in [2.75, 3.05) is 31.1 Å². The Bertz CT molecular complexity index is 745. The van der Waals surface area contributed by atoms with Crippen LogP contribution in [0.15, 0.2) is 42.5 Å². The van der Waals surface area contributed by atoms with Gasteiger partial charge in [0.15, 0.2) is 0 Å². The highest BCUT2D eigenvalue weighted by Crippen LogP contribution is 2.47. The average Bonchev–Trinajstić information content (AvgIpc) is 3.35. The van der Waals surface area contributed by atoms with E-state index in [-0.39, 0.29) is 0 Å². The van der Waals surface area contributed by atoms with E-state index in [1.54, 1.807) is 0 Å². The molecule has 0 unspecified atom stereocenters. The van der Waals surface area contributed by atoms with Crippen LogP contribution in [0.2, 0.25) is 0 Å². The van der Waals surface area contributed by atoms with E-state index in [1.807, 2.05) is 4.90 Å². The van der Waals surface area contributed by atoms with Gasteiger partial charge in [-0.25, -0.2) is 8.78 Å². The largest absolute Gasteiger partial charge is 0.367 e. The van der Waals surface area contributed by atoms with Gasteiger partial charge in [-0.3, -0.25) is 4.90 Å². The van der Waals surface area contributed by atoms with Gasteiger partial charge in [-0.2, -0.15) is 0 Å². The van der Waals surface area contributed by atoms with Crippen molar-refractivity contribution in [1.82, 2.24) is 4.90 Å². The summed E-state index contributed by atoms with van der Waals surface area (Å²) in [6, 6.07) is 12.8. The van der Waals surface area contributed by atoms with Gasteiger partial charge < -0.3 is 4.90 Å². The first-order valence-electron chi connectivity index (χ1n) is 9.05. The van der Waals surface area contributed by atoms with Crippen molar-refractivity contribution in [2.24, 2.45) is 0 Å². The number of piperazine rings is 1. The topological polar surface area (TPSA) is 6.48 Å². The van der Waals surface area contributed by atoms with E-state index in [4.69, 9.17) is 0 Å². The Labute approximate surface area is 148 Å². The SMILES string of the molecule is CC1(c2ccc(CN3CCN(c4ccc(F)cc4F)CC3)cc2)CC1. The molecule has 2 aliphatic rings. The Hall–Kier alpha value is -1.94. The van der Waals surface area contributed by atoms with Crippen molar-refractivity contribution >= 4 is 5.69 Å². The van der Waals surface area contributed by atoms with Crippen LogP contribution < -0.4 is 4.90 Å². The lowest BCUT2D eigenvalue weighted by atomic mass is 9.97. The van der Waals surface area contributed by atoms with E-state index in [2.05, 4.69) is 36.1 Å². The van der Waals surface area contributed by atoms with Crippen molar-refractivity contribution in [1.29, 1.82) is 0 Å². The smallest absolute Gasteiger partial charge is 0.149 e. The molecule has 2 aromatic rings. The van der Waals surface area contributed by atoms with E-state index in [9.17, 15) is 8.78 Å².